The maximum Gasteiger partial charge on any atom is 0.184 e. The lowest BCUT2D eigenvalue weighted by Crippen LogP contribution is -2.42. The van der Waals surface area contributed by atoms with Crippen LogP contribution in [0.3, 0.4) is 0 Å². The normalized spacial score (nSPS) is 30.4. The number of carbonyl (C=O) groups is 1. The first-order chi connectivity index (χ1) is 12.6. The fraction of sp³-hybridized carbons (Fsp3) is 0.957. The minimum Gasteiger partial charge on any atom is -0.412 e. The van der Waals surface area contributed by atoms with Gasteiger partial charge in [0.15, 0.2) is 8.32 Å². The van der Waals surface area contributed by atoms with E-state index >= 15 is 0 Å². The molecule has 2 rings (SSSR count). The van der Waals surface area contributed by atoms with Crippen molar-refractivity contribution in [3.63, 3.8) is 0 Å². The third kappa shape index (κ3) is 5.45. The highest BCUT2D eigenvalue weighted by molar-refractivity contribution is 6.69. The first-order valence-corrected chi connectivity index (χ1v) is 14.8. The van der Waals surface area contributed by atoms with E-state index in [1.165, 1.54) is 6.42 Å². The predicted molar refractivity (Wildman–Crippen MR) is 116 cm³/mol. The standard InChI is InChI=1S/C23H44O3Si/c1-8-23(9-2,26-27(5,6)7)16-11-17-25-18(3)19-13-14-20-21(24)12-10-15-22(19,20)4/h18-20H,8-17H2,1-7H3/t18?,19-,20?,22-/m1/s1. The van der Waals surface area contributed by atoms with E-state index in [0.29, 0.717) is 17.6 Å². The van der Waals surface area contributed by atoms with E-state index < -0.39 is 8.32 Å². The lowest BCUT2D eigenvalue weighted by molar-refractivity contribution is -0.131. The van der Waals surface area contributed by atoms with Gasteiger partial charge in [-0.25, -0.2) is 0 Å². The lowest BCUT2D eigenvalue weighted by Gasteiger charge is -2.42. The Kier molecular flexibility index (Phi) is 7.77. The van der Waals surface area contributed by atoms with Crippen molar-refractivity contribution in [1.82, 2.24) is 0 Å². The zero-order valence-electron chi connectivity index (χ0n) is 19.0. The maximum atomic E-state index is 12.3. The molecule has 0 aromatic heterocycles. The number of ether oxygens (including phenoxy) is 1. The van der Waals surface area contributed by atoms with Gasteiger partial charge in [0, 0.05) is 18.9 Å². The molecule has 0 aromatic rings. The van der Waals surface area contributed by atoms with Crippen molar-refractivity contribution in [1.29, 1.82) is 0 Å². The molecule has 0 amide bonds. The summed E-state index contributed by atoms with van der Waals surface area (Å²) in [7, 11) is -1.55. The molecule has 0 aliphatic heterocycles. The molecule has 0 bridgehead atoms. The van der Waals surface area contributed by atoms with Crippen LogP contribution >= 0.6 is 0 Å². The molecular weight excluding hydrogens is 352 g/mol. The average molecular weight is 397 g/mol. The molecule has 0 spiro atoms. The van der Waals surface area contributed by atoms with E-state index in [0.717, 1.165) is 58.0 Å². The van der Waals surface area contributed by atoms with Crippen LogP contribution in [0.25, 0.3) is 0 Å². The molecule has 2 unspecified atom stereocenters. The van der Waals surface area contributed by atoms with Crippen molar-refractivity contribution in [2.45, 2.75) is 117 Å². The highest BCUT2D eigenvalue weighted by Gasteiger charge is 2.52. The molecule has 2 aliphatic carbocycles. The molecule has 2 fully saturated rings. The second-order valence-corrected chi connectivity index (χ2v) is 14.8. The molecule has 0 radical (unpaired) electrons. The fourth-order valence-corrected chi connectivity index (χ4v) is 7.66. The van der Waals surface area contributed by atoms with Gasteiger partial charge in [-0.1, -0.05) is 20.8 Å². The highest BCUT2D eigenvalue weighted by Crippen LogP contribution is 2.55. The third-order valence-electron chi connectivity index (χ3n) is 7.47. The first kappa shape index (κ1) is 23.1. The molecule has 0 saturated heterocycles. The first-order valence-electron chi connectivity index (χ1n) is 11.4. The topological polar surface area (TPSA) is 35.5 Å². The molecule has 2 aliphatic rings. The highest BCUT2D eigenvalue weighted by atomic mass is 28.4. The van der Waals surface area contributed by atoms with E-state index in [4.69, 9.17) is 9.16 Å². The van der Waals surface area contributed by atoms with E-state index in [-0.39, 0.29) is 17.1 Å². The summed E-state index contributed by atoms with van der Waals surface area (Å²) in [5, 5.41) is 0. The number of rotatable bonds is 10. The van der Waals surface area contributed by atoms with Crippen LogP contribution in [0.15, 0.2) is 0 Å². The predicted octanol–water partition coefficient (Wildman–Crippen LogP) is 6.37. The molecule has 4 heteroatoms. The second kappa shape index (κ2) is 9.09. The van der Waals surface area contributed by atoms with Gasteiger partial charge in [-0.15, -0.1) is 0 Å². The Morgan fingerprint density at radius 1 is 1.22 bits per heavy atom. The zero-order valence-corrected chi connectivity index (χ0v) is 20.0. The molecule has 0 N–H and O–H groups in total. The second-order valence-electron chi connectivity index (χ2n) is 10.3. The Bertz CT molecular complexity index is 494. The zero-order chi connectivity index (χ0) is 20.3. The summed E-state index contributed by atoms with van der Waals surface area (Å²) in [5.74, 6) is 1.34. The van der Waals surface area contributed by atoms with Gasteiger partial charge in [-0.05, 0) is 89.3 Å². The summed E-state index contributed by atoms with van der Waals surface area (Å²) in [6, 6.07) is 0. The number of ketones is 1. The Morgan fingerprint density at radius 3 is 2.48 bits per heavy atom. The molecule has 2 saturated carbocycles. The quantitative estimate of drug-likeness (QED) is 0.318. The third-order valence-corrected chi connectivity index (χ3v) is 8.52. The number of hydrogen-bond donors (Lipinski definition) is 0. The van der Waals surface area contributed by atoms with E-state index in [1.807, 2.05) is 0 Å². The summed E-state index contributed by atoms with van der Waals surface area (Å²) in [6.07, 6.45) is 9.84. The van der Waals surface area contributed by atoms with Crippen LogP contribution in [-0.4, -0.2) is 32.4 Å². The van der Waals surface area contributed by atoms with Crippen molar-refractivity contribution in [3.8, 4) is 0 Å². The van der Waals surface area contributed by atoms with Crippen molar-refractivity contribution in [2.24, 2.45) is 17.3 Å². The Morgan fingerprint density at radius 2 is 1.89 bits per heavy atom. The van der Waals surface area contributed by atoms with Crippen LogP contribution < -0.4 is 0 Å². The fourth-order valence-electron chi connectivity index (χ4n) is 5.97. The largest absolute Gasteiger partial charge is 0.412 e. The van der Waals surface area contributed by atoms with Gasteiger partial charge in [0.2, 0.25) is 0 Å². The van der Waals surface area contributed by atoms with Gasteiger partial charge in [-0.3, -0.25) is 4.79 Å². The Balaban J connectivity index is 1.85. The molecule has 158 valence electrons. The molecule has 3 nitrogen and oxygen atoms in total. The molecule has 0 heterocycles. The van der Waals surface area contributed by atoms with Gasteiger partial charge >= 0.3 is 0 Å². The van der Waals surface area contributed by atoms with Crippen molar-refractivity contribution in [2.75, 3.05) is 6.61 Å². The van der Waals surface area contributed by atoms with Crippen LogP contribution in [0.4, 0.5) is 0 Å². The van der Waals surface area contributed by atoms with Crippen LogP contribution in [0.1, 0.15) is 85.5 Å². The lowest BCUT2D eigenvalue weighted by atomic mass is 9.64. The minimum absolute atomic E-state index is 0.0251. The van der Waals surface area contributed by atoms with Crippen molar-refractivity contribution < 1.29 is 14.0 Å². The average Bonchev–Trinajstić information content (AvgIpc) is 2.95. The summed E-state index contributed by atoms with van der Waals surface area (Å²) in [4.78, 5) is 12.3. The van der Waals surface area contributed by atoms with Crippen molar-refractivity contribution >= 4 is 14.1 Å². The van der Waals surface area contributed by atoms with Crippen molar-refractivity contribution in [3.05, 3.63) is 0 Å². The van der Waals surface area contributed by atoms with E-state index in [9.17, 15) is 4.79 Å². The summed E-state index contributed by atoms with van der Waals surface area (Å²) in [5.41, 5.74) is 0.198. The van der Waals surface area contributed by atoms with Crippen LogP contribution in [0, 0.1) is 17.3 Å². The summed E-state index contributed by atoms with van der Waals surface area (Å²) < 4.78 is 12.9. The van der Waals surface area contributed by atoms with E-state index in [2.05, 4.69) is 47.3 Å². The molecule has 4 atom stereocenters. The van der Waals surface area contributed by atoms with Gasteiger partial charge < -0.3 is 9.16 Å². The number of carbonyl (C=O) groups excluding carboxylic acids is 1. The SMILES string of the molecule is CCC(CC)(CCCOC(C)[C@H]1CCC2C(=O)CCC[C@@]21C)O[Si](C)(C)C. The van der Waals surface area contributed by atoms with Crippen LogP contribution in [0.2, 0.25) is 19.6 Å². The summed E-state index contributed by atoms with van der Waals surface area (Å²) >= 11 is 0. The number of Topliss-reactive ketones (excluding diaryl/α,β-unsaturated/α-hetero) is 1. The molecular formula is C23H44O3Si. The smallest absolute Gasteiger partial charge is 0.184 e. The van der Waals surface area contributed by atoms with Crippen LogP contribution in [0.5, 0.6) is 0 Å². The van der Waals surface area contributed by atoms with Gasteiger partial charge in [0.25, 0.3) is 0 Å². The van der Waals surface area contributed by atoms with Gasteiger partial charge in [-0.2, -0.15) is 0 Å². The van der Waals surface area contributed by atoms with Gasteiger partial charge in [0.05, 0.1) is 11.7 Å². The maximum absolute atomic E-state index is 12.3. The summed E-state index contributed by atoms with van der Waals surface area (Å²) in [6.45, 7) is 16.8. The van der Waals surface area contributed by atoms with Crippen LogP contribution in [-0.2, 0) is 14.0 Å². The Labute approximate surface area is 169 Å². The van der Waals surface area contributed by atoms with Gasteiger partial charge in [0.1, 0.15) is 5.78 Å². The molecule has 27 heavy (non-hydrogen) atoms. The monoisotopic (exact) mass is 396 g/mol. The minimum atomic E-state index is -1.55. The van der Waals surface area contributed by atoms with E-state index in [1.54, 1.807) is 0 Å². The molecule has 0 aromatic carbocycles. The number of hydrogen-bond acceptors (Lipinski definition) is 3. The Hall–Kier alpha value is -0.193. The number of fused-ring (bicyclic) bond motifs is 1.